The summed E-state index contributed by atoms with van der Waals surface area (Å²) in [6, 6.07) is 2.51. The minimum atomic E-state index is -5.21. The normalized spacial score (nSPS) is 15.2. The second-order valence-corrected chi connectivity index (χ2v) is 4.31. The number of aromatic nitrogens is 1. The highest BCUT2D eigenvalue weighted by atomic mass is 19.4. The van der Waals surface area contributed by atoms with Crippen molar-refractivity contribution in [2.45, 2.75) is 6.18 Å². The summed E-state index contributed by atoms with van der Waals surface area (Å²) in [5.74, 6) is -3.71. The number of nitrogen functional groups attached to an aromatic ring is 1. The Bertz CT molecular complexity index is 543. The number of nitrogens with one attached hydrogen (secondary N) is 1. The summed E-state index contributed by atoms with van der Waals surface area (Å²) in [5, 5.41) is 3.09. The Labute approximate surface area is 116 Å². The summed E-state index contributed by atoms with van der Waals surface area (Å²) < 4.78 is 36.9. The second kappa shape index (κ2) is 5.56. The number of halogens is 3. The summed E-state index contributed by atoms with van der Waals surface area (Å²) in [7, 11) is 0. The predicted octanol–water partition coefficient (Wildman–Crippen LogP) is 0.237. The van der Waals surface area contributed by atoms with E-state index in [0.717, 1.165) is 6.20 Å². The molecular formula is C11H11F3N4O3. The van der Waals surface area contributed by atoms with E-state index in [1.165, 1.54) is 12.1 Å². The lowest BCUT2D eigenvalue weighted by atomic mass is 10.0. The number of pyridine rings is 1. The summed E-state index contributed by atoms with van der Waals surface area (Å²) in [4.78, 5) is 30.8. The van der Waals surface area contributed by atoms with Gasteiger partial charge in [-0.25, -0.2) is 9.78 Å². The van der Waals surface area contributed by atoms with Crippen molar-refractivity contribution in [3.63, 3.8) is 0 Å². The van der Waals surface area contributed by atoms with Gasteiger partial charge in [-0.3, -0.25) is 4.79 Å². The van der Waals surface area contributed by atoms with Crippen molar-refractivity contribution in [3.05, 3.63) is 18.3 Å². The molecule has 0 aliphatic carbocycles. The molecule has 0 aromatic carbocycles. The van der Waals surface area contributed by atoms with E-state index in [1.54, 1.807) is 0 Å². The first-order valence-electron chi connectivity index (χ1n) is 5.84. The average Bonchev–Trinajstić information content (AvgIpc) is 2.33. The molecule has 0 saturated carbocycles. The number of hydroxylamine groups is 1. The third-order valence-electron chi connectivity index (χ3n) is 2.74. The fourth-order valence-corrected chi connectivity index (χ4v) is 1.51. The fourth-order valence-electron chi connectivity index (χ4n) is 1.51. The number of nitrogens with two attached hydrogens (primary N) is 1. The highest BCUT2D eigenvalue weighted by molar-refractivity contribution is 5.96. The van der Waals surface area contributed by atoms with E-state index in [4.69, 9.17) is 5.73 Å². The molecule has 1 aromatic rings. The van der Waals surface area contributed by atoms with E-state index in [2.05, 4.69) is 15.1 Å². The molecule has 10 heteroatoms. The van der Waals surface area contributed by atoms with Crippen LogP contribution in [-0.4, -0.2) is 36.1 Å². The van der Waals surface area contributed by atoms with Crippen LogP contribution < -0.4 is 16.1 Å². The lowest BCUT2D eigenvalue weighted by molar-refractivity contribution is -0.202. The van der Waals surface area contributed by atoms with Crippen LogP contribution in [0.15, 0.2) is 18.3 Å². The van der Waals surface area contributed by atoms with Gasteiger partial charge in [-0.1, -0.05) is 0 Å². The van der Waals surface area contributed by atoms with Crippen LogP contribution in [0.4, 0.5) is 24.7 Å². The maximum absolute atomic E-state index is 12.3. The van der Waals surface area contributed by atoms with Gasteiger partial charge in [-0.2, -0.15) is 13.2 Å². The molecular weight excluding hydrogens is 293 g/mol. The van der Waals surface area contributed by atoms with Gasteiger partial charge in [0.25, 0.3) is 5.91 Å². The van der Waals surface area contributed by atoms with Crippen LogP contribution >= 0.6 is 0 Å². The van der Waals surface area contributed by atoms with E-state index in [-0.39, 0.29) is 11.5 Å². The molecule has 0 bridgehead atoms. The predicted molar refractivity (Wildman–Crippen MR) is 64.6 cm³/mol. The Hall–Kier alpha value is -2.36. The van der Waals surface area contributed by atoms with Gasteiger partial charge in [0.2, 0.25) is 0 Å². The van der Waals surface area contributed by atoms with E-state index in [0.29, 0.717) is 18.2 Å². The van der Waals surface area contributed by atoms with Gasteiger partial charge >= 0.3 is 12.1 Å². The van der Waals surface area contributed by atoms with Crippen LogP contribution in [0.2, 0.25) is 0 Å². The minimum Gasteiger partial charge on any atom is -0.384 e. The Balaban J connectivity index is 2.23. The topological polar surface area (TPSA) is 97.5 Å². The third-order valence-corrected chi connectivity index (χ3v) is 2.74. The van der Waals surface area contributed by atoms with Crippen LogP contribution in [0.3, 0.4) is 0 Å². The average molecular weight is 304 g/mol. The Kier molecular flexibility index (Phi) is 3.98. The van der Waals surface area contributed by atoms with Crippen molar-refractivity contribution in [2.75, 3.05) is 23.9 Å². The van der Waals surface area contributed by atoms with Gasteiger partial charge in [-0.15, -0.1) is 5.06 Å². The molecule has 2 heterocycles. The van der Waals surface area contributed by atoms with Gasteiger partial charge in [-0.05, 0) is 12.1 Å². The minimum absolute atomic E-state index is 0.110. The summed E-state index contributed by atoms with van der Waals surface area (Å²) in [5.41, 5.74) is 5.25. The number of hydrogen-bond acceptors (Lipinski definition) is 6. The van der Waals surface area contributed by atoms with Crippen molar-refractivity contribution < 1.29 is 27.6 Å². The summed E-state index contributed by atoms with van der Waals surface area (Å²) in [6.07, 6.45) is -4.17. The maximum atomic E-state index is 12.3. The first-order valence-corrected chi connectivity index (χ1v) is 5.84. The Morgan fingerprint density at radius 2 is 2.05 bits per heavy atom. The molecule has 1 amide bonds. The van der Waals surface area contributed by atoms with Crippen molar-refractivity contribution in [1.82, 2.24) is 10.3 Å². The van der Waals surface area contributed by atoms with Crippen molar-refractivity contribution in [3.8, 4) is 0 Å². The Morgan fingerprint density at radius 3 is 2.48 bits per heavy atom. The lowest BCUT2D eigenvalue weighted by Crippen LogP contribution is -2.53. The molecule has 114 valence electrons. The van der Waals surface area contributed by atoms with Crippen LogP contribution in [0, 0.1) is 5.92 Å². The van der Waals surface area contributed by atoms with Crippen LogP contribution in [0.1, 0.15) is 0 Å². The molecule has 1 fully saturated rings. The van der Waals surface area contributed by atoms with Crippen LogP contribution in [0.5, 0.6) is 0 Å². The molecule has 1 aliphatic rings. The zero-order valence-corrected chi connectivity index (χ0v) is 10.6. The quantitative estimate of drug-likeness (QED) is 0.759. The maximum Gasteiger partial charge on any atom is 0.493 e. The van der Waals surface area contributed by atoms with Crippen molar-refractivity contribution in [1.29, 1.82) is 0 Å². The number of nitrogens with zero attached hydrogens (tertiary/aromatic N) is 2. The number of carbonyl (C=O) groups excluding carboxylic acids is 2. The SMILES string of the molecule is Nc1ccc(N(OC(=O)C(F)(F)F)C(=O)C2CNC2)cn1. The second-order valence-electron chi connectivity index (χ2n) is 4.31. The standard InChI is InChI=1S/C11H11F3N4O3/c12-11(13,14)10(20)21-18(9(19)6-3-16-4-6)7-1-2-8(15)17-5-7/h1-2,5-6,16H,3-4H2,(H2,15,17). The smallest absolute Gasteiger partial charge is 0.384 e. The molecule has 0 spiro atoms. The van der Waals surface area contributed by atoms with Gasteiger partial charge in [0, 0.05) is 13.1 Å². The molecule has 1 aliphatic heterocycles. The summed E-state index contributed by atoms with van der Waals surface area (Å²) in [6.45, 7) is 0.586. The molecule has 0 unspecified atom stereocenters. The number of rotatable bonds is 2. The summed E-state index contributed by atoms with van der Waals surface area (Å²) >= 11 is 0. The first kappa shape index (κ1) is 15.0. The van der Waals surface area contributed by atoms with Gasteiger partial charge in [0.15, 0.2) is 0 Å². The van der Waals surface area contributed by atoms with E-state index in [9.17, 15) is 22.8 Å². The van der Waals surface area contributed by atoms with Crippen LogP contribution in [-0.2, 0) is 14.4 Å². The molecule has 2 rings (SSSR count). The largest absolute Gasteiger partial charge is 0.493 e. The van der Waals surface area contributed by atoms with Gasteiger partial charge in [0.05, 0.1) is 12.1 Å². The Morgan fingerprint density at radius 1 is 1.38 bits per heavy atom. The molecule has 7 nitrogen and oxygen atoms in total. The fraction of sp³-hybridized carbons (Fsp3) is 0.364. The van der Waals surface area contributed by atoms with Crippen molar-refractivity contribution in [2.24, 2.45) is 5.92 Å². The number of hydrogen-bond donors (Lipinski definition) is 2. The number of alkyl halides is 3. The van der Waals surface area contributed by atoms with Gasteiger partial charge in [0.1, 0.15) is 11.5 Å². The monoisotopic (exact) mass is 304 g/mol. The number of anilines is 2. The zero-order chi connectivity index (χ0) is 15.6. The first-order chi connectivity index (χ1) is 9.79. The molecule has 0 radical (unpaired) electrons. The van der Waals surface area contributed by atoms with Crippen LogP contribution in [0.25, 0.3) is 0 Å². The number of amides is 1. The molecule has 0 atom stereocenters. The highest BCUT2D eigenvalue weighted by Gasteiger charge is 2.44. The number of carbonyl (C=O) groups is 2. The zero-order valence-electron chi connectivity index (χ0n) is 10.6. The molecule has 21 heavy (non-hydrogen) atoms. The molecule has 3 N–H and O–H groups in total. The highest BCUT2D eigenvalue weighted by Crippen LogP contribution is 2.23. The van der Waals surface area contributed by atoms with E-state index >= 15 is 0 Å². The molecule has 1 saturated heterocycles. The van der Waals surface area contributed by atoms with E-state index < -0.39 is 24.0 Å². The third kappa shape index (κ3) is 3.40. The van der Waals surface area contributed by atoms with Gasteiger partial charge < -0.3 is 15.9 Å². The van der Waals surface area contributed by atoms with Crippen molar-refractivity contribution >= 4 is 23.4 Å². The van der Waals surface area contributed by atoms with E-state index in [1.807, 2.05) is 0 Å². The molecule has 1 aromatic heterocycles. The lowest BCUT2D eigenvalue weighted by Gasteiger charge is -2.30.